The van der Waals surface area contributed by atoms with Crippen molar-refractivity contribution in [3.05, 3.63) is 52.3 Å². The fourth-order valence-electron chi connectivity index (χ4n) is 1.81. The van der Waals surface area contributed by atoms with Crippen LogP contribution >= 0.6 is 0 Å². The number of nitro benzene ring substituents is 1. The van der Waals surface area contributed by atoms with Crippen LogP contribution in [0.5, 0.6) is 5.75 Å². The minimum atomic E-state index is -1.15. The van der Waals surface area contributed by atoms with E-state index >= 15 is 0 Å². The lowest BCUT2D eigenvalue weighted by atomic mass is 10.1. The van der Waals surface area contributed by atoms with Gasteiger partial charge in [-0.05, 0) is 36.2 Å². The summed E-state index contributed by atoms with van der Waals surface area (Å²) < 4.78 is 5.03. The van der Waals surface area contributed by atoms with Gasteiger partial charge in [0.25, 0.3) is 5.69 Å². The SMILES string of the molecule is Cc1cc(-c2cc(OCC(=O)O)cc([N+](=O)[O-])c2)ccn1. The first-order valence-corrected chi connectivity index (χ1v) is 6.03. The molecule has 0 aliphatic rings. The van der Waals surface area contributed by atoms with Crippen molar-refractivity contribution >= 4 is 11.7 Å². The van der Waals surface area contributed by atoms with E-state index in [0.717, 1.165) is 11.3 Å². The maximum absolute atomic E-state index is 11.0. The van der Waals surface area contributed by atoms with Gasteiger partial charge < -0.3 is 9.84 Å². The topological polar surface area (TPSA) is 103 Å². The van der Waals surface area contributed by atoms with Crippen LogP contribution in [0.3, 0.4) is 0 Å². The van der Waals surface area contributed by atoms with Gasteiger partial charge in [-0.25, -0.2) is 4.79 Å². The Morgan fingerprint density at radius 2 is 2.10 bits per heavy atom. The highest BCUT2D eigenvalue weighted by molar-refractivity contribution is 5.70. The Morgan fingerprint density at radius 3 is 2.71 bits per heavy atom. The Kier molecular flexibility index (Phi) is 4.13. The van der Waals surface area contributed by atoms with Crippen LogP contribution in [0.25, 0.3) is 11.1 Å². The Morgan fingerprint density at radius 1 is 1.33 bits per heavy atom. The summed E-state index contributed by atoms with van der Waals surface area (Å²) in [5.74, 6) is -1.01. The lowest BCUT2D eigenvalue weighted by Crippen LogP contribution is -2.09. The van der Waals surface area contributed by atoms with Gasteiger partial charge in [0.1, 0.15) is 5.75 Å². The number of aliphatic carboxylic acids is 1. The Hall–Kier alpha value is -2.96. The van der Waals surface area contributed by atoms with E-state index in [1.165, 1.54) is 12.1 Å². The molecule has 0 fully saturated rings. The number of carboxylic acid groups (broad SMARTS) is 1. The van der Waals surface area contributed by atoms with Gasteiger partial charge in [0, 0.05) is 18.0 Å². The molecule has 0 aliphatic heterocycles. The van der Waals surface area contributed by atoms with E-state index in [4.69, 9.17) is 9.84 Å². The van der Waals surface area contributed by atoms with Gasteiger partial charge in [0.05, 0.1) is 11.0 Å². The van der Waals surface area contributed by atoms with Crippen molar-refractivity contribution in [3.8, 4) is 16.9 Å². The third kappa shape index (κ3) is 3.75. The molecule has 2 rings (SSSR count). The zero-order chi connectivity index (χ0) is 15.4. The number of aryl methyl sites for hydroxylation is 1. The summed E-state index contributed by atoms with van der Waals surface area (Å²) in [5.41, 5.74) is 1.91. The minimum Gasteiger partial charge on any atom is -0.482 e. The standard InChI is InChI=1S/C14H12N2O5/c1-9-4-10(2-3-15-9)11-5-12(16(19)20)7-13(6-11)21-8-14(17)18/h2-7H,8H2,1H3,(H,17,18). The lowest BCUT2D eigenvalue weighted by Gasteiger charge is -2.07. The molecular formula is C14H12N2O5. The van der Waals surface area contributed by atoms with Crippen LogP contribution < -0.4 is 4.74 Å². The second kappa shape index (κ2) is 6.00. The summed E-state index contributed by atoms with van der Waals surface area (Å²) >= 11 is 0. The number of hydrogen-bond donors (Lipinski definition) is 1. The van der Waals surface area contributed by atoms with Gasteiger partial charge in [-0.2, -0.15) is 0 Å². The van der Waals surface area contributed by atoms with Gasteiger partial charge in [-0.3, -0.25) is 15.1 Å². The normalized spacial score (nSPS) is 10.1. The smallest absolute Gasteiger partial charge is 0.341 e. The molecule has 0 amide bonds. The zero-order valence-corrected chi connectivity index (χ0v) is 11.1. The van der Waals surface area contributed by atoms with Crippen molar-refractivity contribution in [1.29, 1.82) is 0 Å². The van der Waals surface area contributed by atoms with Gasteiger partial charge in [-0.15, -0.1) is 0 Å². The summed E-state index contributed by atoms with van der Waals surface area (Å²) in [5, 5.41) is 19.6. The van der Waals surface area contributed by atoms with Gasteiger partial charge in [0.2, 0.25) is 0 Å². The van der Waals surface area contributed by atoms with E-state index < -0.39 is 17.5 Å². The van der Waals surface area contributed by atoms with Crippen LogP contribution in [0, 0.1) is 17.0 Å². The zero-order valence-electron chi connectivity index (χ0n) is 11.1. The molecule has 2 aromatic rings. The molecule has 7 nitrogen and oxygen atoms in total. The predicted molar refractivity (Wildman–Crippen MR) is 74.2 cm³/mol. The molecule has 1 N–H and O–H groups in total. The fourth-order valence-corrected chi connectivity index (χ4v) is 1.81. The summed E-state index contributed by atoms with van der Waals surface area (Å²) in [4.78, 5) is 25.0. The van der Waals surface area contributed by atoms with Crippen molar-refractivity contribution in [1.82, 2.24) is 4.98 Å². The van der Waals surface area contributed by atoms with E-state index in [0.29, 0.717) is 5.56 Å². The molecule has 0 radical (unpaired) electrons. The lowest BCUT2D eigenvalue weighted by molar-refractivity contribution is -0.384. The largest absolute Gasteiger partial charge is 0.482 e. The first-order valence-electron chi connectivity index (χ1n) is 6.03. The Bertz CT molecular complexity index is 700. The number of non-ortho nitro benzene ring substituents is 1. The third-order valence-electron chi connectivity index (χ3n) is 2.69. The average molecular weight is 288 g/mol. The Labute approximate surface area is 120 Å². The van der Waals surface area contributed by atoms with Gasteiger partial charge >= 0.3 is 5.97 Å². The molecule has 0 atom stereocenters. The summed E-state index contributed by atoms with van der Waals surface area (Å²) in [7, 11) is 0. The number of carboxylic acids is 1. The first kappa shape index (κ1) is 14.4. The van der Waals surface area contributed by atoms with E-state index in [1.807, 2.05) is 6.92 Å². The molecule has 7 heteroatoms. The molecule has 0 unspecified atom stereocenters. The number of rotatable bonds is 5. The second-order valence-electron chi connectivity index (χ2n) is 4.34. The maximum Gasteiger partial charge on any atom is 0.341 e. The van der Waals surface area contributed by atoms with E-state index in [2.05, 4.69) is 4.98 Å². The maximum atomic E-state index is 11.0. The first-order chi connectivity index (χ1) is 9.95. The van der Waals surface area contributed by atoms with Gasteiger partial charge in [-0.1, -0.05) is 0 Å². The molecular weight excluding hydrogens is 276 g/mol. The summed E-state index contributed by atoms with van der Waals surface area (Å²) in [6.45, 7) is 1.25. The van der Waals surface area contributed by atoms with Crippen molar-refractivity contribution in [2.75, 3.05) is 6.61 Å². The number of nitro groups is 1. The molecule has 0 spiro atoms. The van der Waals surface area contributed by atoms with Crippen LogP contribution in [0.15, 0.2) is 36.5 Å². The van der Waals surface area contributed by atoms with Gasteiger partial charge in [0.15, 0.2) is 6.61 Å². The number of pyridine rings is 1. The number of nitrogens with zero attached hydrogens (tertiary/aromatic N) is 2. The molecule has 0 aliphatic carbocycles. The summed E-state index contributed by atoms with van der Waals surface area (Å²) in [6, 6.07) is 7.65. The van der Waals surface area contributed by atoms with E-state index in [-0.39, 0.29) is 11.4 Å². The van der Waals surface area contributed by atoms with Crippen LogP contribution in [0.1, 0.15) is 5.69 Å². The van der Waals surface area contributed by atoms with Crippen molar-refractivity contribution in [2.24, 2.45) is 0 Å². The second-order valence-corrected chi connectivity index (χ2v) is 4.34. The van der Waals surface area contributed by atoms with Crippen molar-refractivity contribution in [3.63, 3.8) is 0 Å². The molecule has 1 aromatic carbocycles. The van der Waals surface area contributed by atoms with Crippen LogP contribution in [-0.2, 0) is 4.79 Å². The fraction of sp³-hybridized carbons (Fsp3) is 0.143. The molecule has 108 valence electrons. The quantitative estimate of drug-likeness (QED) is 0.669. The number of hydrogen-bond acceptors (Lipinski definition) is 5. The van der Waals surface area contributed by atoms with Crippen LogP contribution in [0.4, 0.5) is 5.69 Å². The minimum absolute atomic E-state index is 0.135. The summed E-state index contributed by atoms with van der Waals surface area (Å²) in [6.07, 6.45) is 1.60. The van der Waals surface area contributed by atoms with Crippen LogP contribution in [-0.4, -0.2) is 27.6 Å². The number of carbonyl (C=O) groups is 1. The highest BCUT2D eigenvalue weighted by Crippen LogP contribution is 2.29. The molecule has 1 aromatic heterocycles. The Balaban J connectivity index is 2.44. The number of ether oxygens (including phenoxy) is 1. The van der Waals surface area contributed by atoms with Crippen LogP contribution in [0.2, 0.25) is 0 Å². The monoisotopic (exact) mass is 288 g/mol. The molecule has 21 heavy (non-hydrogen) atoms. The predicted octanol–water partition coefficient (Wildman–Crippen LogP) is 2.43. The highest BCUT2D eigenvalue weighted by Gasteiger charge is 2.13. The molecule has 1 heterocycles. The van der Waals surface area contributed by atoms with E-state index in [1.54, 1.807) is 24.4 Å². The number of benzene rings is 1. The number of aromatic nitrogens is 1. The molecule has 0 saturated carbocycles. The molecule has 0 saturated heterocycles. The molecule has 0 bridgehead atoms. The van der Waals surface area contributed by atoms with E-state index in [9.17, 15) is 14.9 Å². The average Bonchev–Trinajstić information content (AvgIpc) is 2.44. The van der Waals surface area contributed by atoms with Crippen molar-refractivity contribution in [2.45, 2.75) is 6.92 Å². The highest BCUT2D eigenvalue weighted by atomic mass is 16.6. The third-order valence-corrected chi connectivity index (χ3v) is 2.69. The van der Waals surface area contributed by atoms with Crippen molar-refractivity contribution < 1.29 is 19.6 Å².